The minimum absolute atomic E-state index is 0.205. The van der Waals surface area contributed by atoms with Crippen LogP contribution in [0, 0.1) is 12.7 Å². The normalized spacial score (nSPS) is 28.3. The van der Waals surface area contributed by atoms with E-state index in [1.807, 2.05) is 0 Å². The van der Waals surface area contributed by atoms with E-state index in [1.165, 1.54) is 6.07 Å². The molecule has 2 N–H and O–H groups in total. The van der Waals surface area contributed by atoms with Crippen LogP contribution in [0.5, 0.6) is 0 Å². The molecule has 0 heterocycles. The zero-order valence-electron chi connectivity index (χ0n) is 11.2. The lowest BCUT2D eigenvalue weighted by molar-refractivity contribution is -0.00824. The molecule has 18 heavy (non-hydrogen) atoms. The molecule has 0 amide bonds. The van der Waals surface area contributed by atoms with Crippen molar-refractivity contribution in [2.75, 3.05) is 6.54 Å². The summed E-state index contributed by atoms with van der Waals surface area (Å²) in [5.74, 6) is -0.205. The first-order valence-corrected chi connectivity index (χ1v) is 6.77. The van der Waals surface area contributed by atoms with E-state index >= 15 is 0 Å². The van der Waals surface area contributed by atoms with Gasteiger partial charge in [0.05, 0.1) is 5.60 Å². The van der Waals surface area contributed by atoms with Gasteiger partial charge in [0.1, 0.15) is 5.82 Å². The Labute approximate surface area is 108 Å². The monoisotopic (exact) mass is 251 g/mol. The summed E-state index contributed by atoms with van der Waals surface area (Å²) in [5, 5.41) is 14.1. The van der Waals surface area contributed by atoms with Crippen molar-refractivity contribution in [3.63, 3.8) is 0 Å². The maximum atomic E-state index is 13.3. The van der Waals surface area contributed by atoms with Crippen LogP contribution in [0.4, 0.5) is 4.39 Å². The van der Waals surface area contributed by atoms with Gasteiger partial charge in [-0.25, -0.2) is 4.39 Å². The molecule has 0 aliphatic heterocycles. The second-order valence-electron chi connectivity index (χ2n) is 5.33. The van der Waals surface area contributed by atoms with E-state index in [9.17, 15) is 9.50 Å². The van der Waals surface area contributed by atoms with Crippen molar-refractivity contribution in [2.24, 2.45) is 0 Å². The van der Waals surface area contributed by atoms with Crippen molar-refractivity contribution in [3.05, 3.63) is 35.1 Å². The van der Waals surface area contributed by atoms with Crippen LogP contribution in [0.2, 0.25) is 0 Å². The summed E-state index contributed by atoms with van der Waals surface area (Å²) in [6, 6.07) is 5.47. The van der Waals surface area contributed by atoms with Crippen molar-refractivity contribution in [1.29, 1.82) is 0 Å². The highest BCUT2D eigenvalue weighted by atomic mass is 19.1. The summed E-state index contributed by atoms with van der Waals surface area (Å²) in [6.45, 7) is 4.81. The van der Waals surface area contributed by atoms with Gasteiger partial charge in [-0.1, -0.05) is 19.1 Å². The third-order valence-electron chi connectivity index (χ3n) is 4.00. The Bertz CT molecular complexity index is 411. The van der Waals surface area contributed by atoms with Gasteiger partial charge in [-0.3, -0.25) is 0 Å². The first-order valence-electron chi connectivity index (χ1n) is 6.77. The highest BCUT2D eigenvalue weighted by Crippen LogP contribution is 2.37. The average Bonchev–Trinajstić information content (AvgIpc) is 2.36. The molecule has 0 spiro atoms. The van der Waals surface area contributed by atoms with Gasteiger partial charge in [-0.15, -0.1) is 0 Å². The number of nitrogens with one attached hydrogen (secondary N) is 1. The summed E-state index contributed by atoms with van der Waals surface area (Å²) in [5.41, 5.74) is 0.691. The third-order valence-corrected chi connectivity index (χ3v) is 4.00. The Kier molecular flexibility index (Phi) is 4.03. The molecule has 1 saturated carbocycles. The third kappa shape index (κ3) is 2.73. The highest BCUT2D eigenvalue weighted by Gasteiger charge is 2.34. The standard InChI is InChI=1S/C15H22FNO/c1-3-17-13-6-8-15(18,9-7-13)12-4-5-14(16)11(2)10-12/h4-5,10,13,17-18H,3,6-9H2,1-2H3. The largest absolute Gasteiger partial charge is 0.385 e. The van der Waals surface area contributed by atoms with Crippen LogP contribution in [-0.4, -0.2) is 17.7 Å². The van der Waals surface area contributed by atoms with Crippen molar-refractivity contribution in [2.45, 2.75) is 51.2 Å². The van der Waals surface area contributed by atoms with Crippen molar-refractivity contribution in [1.82, 2.24) is 5.32 Å². The van der Waals surface area contributed by atoms with Crippen LogP contribution >= 0.6 is 0 Å². The number of benzene rings is 1. The lowest BCUT2D eigenvalue weighted by Crippen LogP contribution is -2.39. The topological polar surface area (TPSA) is 32.3 Å². The molecule has 1 aromatic rings. The van der Waals surface area contributed by atoms with Gasteiger partial charge in [0.15, 0.2) is 0 Å². The number of halogens is 1. The van der Waals surface area contributed by atoms with Crippen LogP contribution < -0.4 is 5.32 Å². The van der Waals surface area contributed by atoms with Crippen molar-refractivity contribution in [3.8, 4) is 0 Å². The van der Waals surface area contributed by atoms with Gasteiger partial charge in [-0.05, 0) is 56.3 Å². The van der Waals surface area contributed by atoms with E-state index in [4.69, 9.17) is 0 Å². The minimum atomic E-state index is -0.773. The summed E-state index contributed by atoms with van der Waals surface area (Å²) in [4.78, 5) is 0. The van der Waals surface area contributed by atoms with E-state index in [-0.39, 0.29) is 5.82 Å². The number of hydrogen-bond donors (Lipinski definition) is 2. The lowest BCUT2D eigenvalue weighted by Gasteiger charge is -2.37. The molecular formula is C15H22FNO. The van der Waals surface area contributed by atoms with Gasteiger partial charge in [-0.2, -0.15) is 0 Å². The molecule has 0 bridgehead atoms. The highest BCUT2D eigenvalue weighted by molar-refractivity contribution is 5.29. The Morgan fingerprint density at radius 1 is 1.39 bits per heavy atom. The summed E-state index contributed by atoms with van der Waals surface area (Å²) < 4.78 is 13.3. The smallest absolute Gasteiger partial charge is 0.126 e. The first-order chi connectivity index (χ1) is 8.55. The zero-order valence-corrected chi connectivity index (χ0v) is 11.2. The molecule has 3 heteroatoms. The van der Waals surface area contributed by atoms with Gasteiger partial charge in [0.25, 0.3) is 0 Å². The lowest BCUT2D eigenvalue weighted by atomic mass is 9.77. The Morgan fingerprint density at radius 2 is 2.06 bits per heavy atom. The van der Waals surface area contributed by atoms with Crippen molar-refractivity contribution >= 4 is 0 Å². The van der Waals surface area contributed by atoms with Crippen molar-refractivity contribution < 1.29 is 9.50 Å². The van der Waals surface area contributed by atoms with E-state index in [1.54, 1.807) is 19.1 Å². The first kappa shape index (κ1) is 13.5. The summed E-state index contributed by atoms with van der Waals surface area (Å²) in [6.07, 6.45) is 3.44. The van der Waals surface area contributed by atoms with E-state index < -0.39 is 5.60 Å². The predicted octanol–water partition coefficient (Wildman–Crippen LogP) is 2.87. The second-order valence-corrected chi connectivity index (χ2v) is 5.33. The Morgan fingerprint density at radius 3 is 2.61 bits per heavy atom. The molecular weight excluding hydrogens is 229 g/mol. The van der Waals surface area contributed by atoms with Crippen LogP contribution in [0.15, 0.2) is 18.2 Å². The van der Waals surface area contributed by atoms with E-state index in [0.29, 0.717) is 11.6 Å². The quantitative estimate of drug-likeness (QED) is 0.865. The number of rotatable bonds is 3. The predicted molar refractivity (Wildman–Crippen MR) is 71.0 cm³/mol. The van der Waals surface area contributed by atoms with Crippen LogP contribution in [0.1, 0.15) is 43.7 Å². The molecule has 1 aliphatic rings. The Hall–Kier alpha value is -0.930. The van der Waals surface area contributed by atoms with E-state index in [2.05, 4.69) is 12.2 Å². The molecule has 1 aliphatic carbocycles. The fourth-order valence-corrected chi connectivity index (χ4v) is 2.81. The van der Waals surface area contributed by atoms with Crippen LogP contribution in [0.25, 0.3) is 0 Å². The van der Waals surface area contributed by atoms with Gasteiger partial charge >= 0.3 is 0 Å². The Balaban J connectivity index is 2.10. The summed E-state index contributed by atoms with van der Waals surface area (Å²) in [7, 11) is 0. The maximum Gasteiger partial charge on any atom is 0.126 e. The zero-order chi connectivity index (χ0) is 13.2. The number of aryl methyl sites for hydroxylation is 1. The van der Waals surface area contributed by atoms with Gasteiger partial charge in [0.2, 0.25) is 0 Å². The summed E-state index contributed by atoms with van der Waals surface area (Å²) >= 11 is 0. The number of hydrogen-bond acceptors (Lipinski definition) is 2. The van der Waals surface area contributed by atoms with Crippen LogP contribution in [-0.2, 0) is 5.60 Å². The minimum Gasteiger partial charge on any atom is -0.385 e. The van der Waals surface area contributed by atoms with Gasteiger partial charge in [0, 0.05) is 6.04 Å². The molecule has 2 rings (SSSR count). The molecule has 0 atom stereocenters. The fourth-order valence-electron chi connectivity index (χ4n) is 2.81. The molecule has 2 nitrogen and oxygen atoms in total. The molecule has 0 radical (unpaired) electrons. The molecule has 100 valence electrons. The SMILES string of the molecule is CCNC1CCC(O)(c2ccc(F)c(C)c2)CC1. The fraction of sp³-hybridized carbons (Fsp3) is 0.600. The molecule has 1 fully saturated rings. The molecule has 1 aromatic carbocycles. The second kappa shape index (κ2) is 5.37. The average molecular weight is 251 g/mol. The van der Waals surface area contributed by atoms with Crippen LogP contribution in [0.3, 0.4) is 0 Å². The number of aliphatic hydroxyl groups is 1. The van der Waals surface area contributed by atoms with E-state index in [0.717, 1.165) is 37.8 Å². The molecule has 0 aromatic heterocycles. The molecule has 0 unspecified atom stereocenters. The van der Waals surface area contributed by atoms with Gasteiger partial charge < -0.3 is 10.4 Å². The maximum absolute atomic E-state index is 13.3. The molecule has 0 saturated heterocycles.